The summed E-state index contributed by atoms with van der Waals surface area (Å²) in [5.41, 5.74) is 7.26. The molecule has 1 fully saturated rings. The van der Waals surface area contributed by atoms with Gasteiger partial charge in [0.2, 0.25) is 5.91 Å². The van der Waals surface area contributed by atoms with Gasteiger partial charge in [0, 0.05) is 31.4 Å². The van der Waals surface area contributed by atoms with Gasteiger partial charge in [-0.15, -0.1) is 0 Å². The Hall–Kier alpha value is -3.09. The number of rotatable bonds is 5. The maximum Gasteiger partial charge on any atom is 0.318 e. The fourth-order valence-electron chi connectivity index (χ4n) is 3.29. The predicted octanol–water partition coefficient (Wildman–Crippen LogP) is 2.09. The summed E-state index contributed by atoms with van der Waals surface area (Å²) in [7, 11) is 1.62. The fourth-order valence-corrected chi connectivity index (χ4v) is 3.29. The largest absolute Gasteiger partial charge is 0.497 e. The Bertz CT molecular complexity index is 772. The minimum atomic E-state index is -0.305. The van der Waals surface area contributed by atoms with Crippen LogP contribution in [-0.2, 0) is 4.79 Å². The third-order valence-corrected chi connectivity index (χ3v) is 4.94. The zero-order chi connectivity index (χ0) is 19.2. The second kappa shape index (κ2) is 8.53. The summed E-state index contributed by atoms with van der Waals surface area (Å²) in [4.78, 5) is 29.9. The van der Waals surface area contributed by atoms with Gasteiger partial charge in [0.1, 0.15) is 5.75 Å². The zero-order valence-corrected chi connectivity index (χ0v) is 15.3. The average Bonchev–Trinajstić information content (AvgIpc) is 2.72. The molecule has 0 aliphatic carbocycles. The molecular weight excluding hydrogens is 344 g/mol. The molecule has 3 N–H and O–H groups in total. The first-order valence-corrected chi connectivity index (χ1v) is 8.97. The molecule has 1 aromatic heterocycles. The number of hydrogen-bond acceptors (Lipinski definition) is 4. The Morgan fingerprint density at radius 2 is 1.70 bits per heavy atom. The molecule has 27 heavy (non-hydrogen) atoms. The van der Waals surface area contributed by atoms with Crippen LogP contribution in [0.3, 0.4) is 0 Å². The van der Waals surface area contributed by atoms with Crippen LogP contribution in [0.1, 0.15) is 30.0 Å². The molecular formula is C20H24N4O3. The molecule has 1 atom stereocenters. The van der Waals surface area contributed by atoms with Gasteiger partial charge in [-0.1, -0.05) is 12.1 Å². The van der Waals surface area contributed by atoms with E-state index in [4.69, 9.17) is 10.5 Å². The number of nitrogens with zero attached hydrogens (tertiary/aromatic N) is 2. The summed E-state index contributed by atoms with van der Waals surface area (Å²) >= 11 is 0. The van der Waals surface area contributed by atoms with Gasteiger partial charge in [0.15, 0.2) is 0 Å². The first-order valence-electron chi connectivity index (χ1n) is 8.97. The summed E-state index contributed by atoms with van der Waals surface area (Å²) in [6.07, 6.45) is 4.61. The fraction of sp³-hybridized carbons (Fsp3) is 0.350. The van der Waals surface area contributed by atoms with Crippen LogP contribution in [0.15, 0.2) is 48.8 Å². The molecule has 7 nitrogen and oxygen atoms in total. The Balaban J connectivity index is 1.75. The number of carbonyl (C=O) groups is 2. The molecule has 1 unspecified atom stereocenters. The molecule has 7 heteroatoms. The molecule has 1 aliphatic rings. The maximum absolute atomic E-state index is 12.8. The van der Waals surface area contributed by atoms with Crippen molar-refractivity contribution in [1.29, 1.82) is 0 Å². The highest BCUT2D eigenvalue weighted by molar-refractivity contribution is 5.78. The SMILES string of the molecule is COc1ccc(C(NC(=O)N2CCC(C(N)=O)CC2)c2ccncc2)cc1. The lowest BCUT2D eigenvalue weighted by Crippen LogP contribution is -2.47. The van der Waals surface area contributed by atoms with Crippen LogP contribution < -0.4 is 15.8 Å². The van der Waals surface area contributed by atoms with Crippen LogP contribution in [0.25, 0.3) is 0 Å². The van der Waals surface area contributed by atoms with Crippen molar-refractivity contribution < 1.29 is 14.3 Å². The van der Waals surface area contributed by atoms with Crippen molar-refractivity contribution in [1.82, 2.24) is 15.2 Å². The van der Waals surface area contributed by atoms with Crippen LogP contribution in [0, 0.1) is 5.92 Å². The van der Waals surface area contributed by atoms with E-state index in [1.54, 1.807) is 24.4 Å². The van der Waals surface area contributed by atoms with E-state index in [0.717, 1.165) is 16.9 Å². The van der Waals surface area contributed by atoms with Crippen molar-refractivity contribution in [3.63, 3.8) is 0 Å². The van der Waals surface area contributed by atoms with Crippen LogP contribution in [-0.4, -0.2) is 42.0 Å². The van der Waals surface area contributed by atoms with E-state index in [-0.39, 0.29) is 23.9 Å². The highest BCUT2D eigenvalue weighted by atomic mass is 16.5. The molecule has 1 aromatic carbocycles. The molecule has 0 radical (unpaired) electrons. The lowest BCUT2D eigenvalue weighted by Gasteiger charge is -2.32. The molecule has 2 aromatic rings. The second-order valence-corrected chi connectivity index (χ2v) is 6.60. The Labute approximate surface area is 158 Å². The quantitative estimate of drug-likeness (QED) is 0.844. The molecule has 142 valence electrons. The number of amides is 3. The van der Waals surface area contributed by atoms with Crippen molar-refractivity contribution in [3.8, 4) is 5.75 Å². The molecule has 1 saturated heterocycles. The smallest absolute Gasteiger partial charge is 0.318 e. The van der Waals surface area contributed by atoms with E-state index >= 15 is 0 Å². The van der Waals surface area contributed by atoms with Crippen molar-refractivity contribution >= 4 is 11.9 Å². The van der Waals surface area contributed by atoms with E-state index in [1.165, 1.54) is 0 Å². The first-order chi connectivity index (χ1) is 13.1. The Morgan fingerprint density at radius 1 is 1.11 bits per heavy atom. The minimum absolute atomic E-state index is 0.147. The van der Waals surface area contributed by atoms with Crippen LogP contribution in [0.2, 0.25) is 0 Å². The maximum atomic E-state index is 12.8. The molecule has 0 spiro atoms. The molecule has 3 amide bonds. The number of likely N-dealkylation sites (tertiary alicyclic amines) is 1. The van der Waals surface area contributed by atoms with E-state index < -0.39 is 0 Å². The molecule has 0 bridgehead atoms. The lowest BCUT2D eigenvalue weighted by molar-refractivity contribution is -0.123. The van der Waals surface area contributed by atoms with Gasteiger partial charge >= 0.3 is 6.03 Å². The average molecular weight is 368 g/mol. The van der Waals surface area contributed by atoms with Crippen molar-refractivity contribution in [2.24, 2.45) is 11.7 Å². The van der Waals surface area contributed by atoms with E-state index in [9.17, 15) is 9.59 Å². The highest BCUT2D eigenvalue weighted by Gasteiger charge is 2.27. The van der Waals surface area contributed by atoms with E-state index in [0.29, 0.717) is 25.9 Å². The molecule has 0 saturated carbocycles. The first kappa shape index (κ1) is 18.7. The number of primary amides is 1. The highest BCUT2D eigenvalue weighted by Crippen LogP contribution is 2.25. The zero-order valence-electron chi connectivity index (χ0n) is 15.3. The number of piperidine rings is 1. The summed E-state index contributed by atoms with van der Waals surface area (Å²) in [6.45, 7) is 1.04. The monoisotopic (exact) mass is 368 g/mol. The number of carbonyl (C=O) groups excluding carboxylic acids is 2. The Kier molecular flexibility index (Phi) is 5.90. The third-order valence-electron chi connectivity index (χ3n) is 4.94. The molecule has 1 aliphatic heterocycles. The standard InChI is InChI=1S/C20H24N4O3/c1-27-17-4-2-14(3-5-17)18(15-6-10-22-11-7-15)23-20(26)24-12-8-16(9-13-24)19(21)25/h2-7,10-11,16,18H,8-9,12-13H2,1H3,(H2,21,25)(H,23,26). The van der Waals surface area contributed by atoms with Crippen molar-refractivity contribution in [2.45, 2.75) is 18.9 Å². The summed E-state index contributed by atoms with van der Waals surface area (Å²) < 4.78 is 5.22. The van der Waals surface area contributed by atoms with Gasteiger partial charge in [-0.25, -0.2) is 4.79 Å². The number of aromatic nitrogens is 1. The van der Waals surface area contributed by atoms with E-state index in [1.807, 2.05) is 36.4 Å². The number of nitrogens with two attached hydrogens (primary N) is 1. The van der Waals surface area contributed by atoms with Gasteiger partial charge in [0.25, 0.3) is 0 Å². The number of benzene rings is 1. The summed E-state index contributed by atoms with van der Waals surface area (Å²) in [5, 5.41) is 3.10. The molecule has 2 heterocycles. The predicted molar refractivity (Wildman–Crippen MR) is 101 cm³/mol. The number of nitrogens with one attached hydrogen (secondary N) is 1. The topological polar surface area (TPSA) is 97.5 Å². The van der Waals surface area contributed by atoms with Crippen molar-refractivity contribution in [2.75, 3.05) is 20.2 Å². The van der Waals surface area contributed by atoms with Crippen LogP contribution in [0.4, 0.5) is 4.79 Å². The number of ether oxygens (including phenoxy) is 1. The van der Waals surface area contributed by atoms with Gasteiger partial charge < -0.3 is 20.7 Å². The van der Waals surface area contributed by atoms with Crippen LogP contribution in [0.5, 0.6) is 5.75 Å². The summed E-state index contributed by atoms with van der Waals surface area (Å²) in [6, 6.07) is 10.9. The lowest BCUT2D eigenvalue weighted by atomic mass is 9.96. The number of pyridine rings is 1. The number of urea groups is 1. The minimum Gasteiger partial charge on any atom is -0.497 e. The van der Waals surface area contributed by atoms with Gasteiger partial charge in [-0.2, -0.15) is 0 Å². The Morgan fingerprint density at radius 3 is 2.26 bits per heavy atom. The van der Waals surface area contributed by atoms with Crippen LogP contribution >= 0.6 is 0 Å². The summed E-state index contributed by atoms with van der Waals surface area (Å²) in [5.74, 6) is 0.321. The van der Waals surface area contributed by atoms with Gasteiger partial charge in [-0.05, 0) is 48.2 Å². The number of methoxy groups -OCH3 is 1. The van der Waals surface area contributed by atoms with E-state index in [2.05, 4.69) is 10.3 Å². The second-order valence-electron chi connectivity index (χ2n) is 6.60. The third kappa shape index (κ3) is 4.55. The van der Waals surface area contributed by atoms with Crippen molar-refractivity contribution in [3.05, 3.63) is 59.9 Å². The normalized spacial score (nSPS) is 15.8. The van der Waals surface area contributed by atoms with Gasteiger partial charge in [0.05, 0.1) is 13.2 Å². The number of hydrogen-bond donors (Lipinski definition) is 2. The van der Waals surface area contributed by atoms with Gasteiger partial charge in [-0.3, -0.25) is 9.78 Å². The molecule has 3 rings (SSSR count).